The fraction of sp³-hybridized carbons (Fsp3) is 0.682. The molecular formula is C22H38IN5O3. The second-order valence-electron chi connectivity index (χ2n) is 8.52. The highest BCUT2D eigenvalue weighted by Gasteiger charge is 2.27. The largest absolute Gasteiger partial charge is 0.481 e. The first kappa shape index (κ1) is 27.3. The predicted molar refractivity (Wildman–Crippen MR) is 134 cm³/mol. The minimum absolute atomic E-state index is 0. The van der Waals surface area contributed by atoms with Gasteiger partial charge in [0.1, 0.15) is 5.60 Å². The Morgan fingerprint density at radius 3 is 2.55 bits per heavy atom. The van der Waals surface area contributed by atoms with Gasteiger partial charge in [-0.05, 0) is 52.5 Å². The van der Waals surface area contributed by atoms with Crippen molar-refractivity contribution in [1.29, 1.82) is 0 Å². The monoisotopic (exact) mass is 547 g/mol. The van der Waals surface area contributed by atoms with Crippen LogP contribution in [-0.2, 0) is 11.3 Å². The molecule has 1 aromatic heterocycles. The summed E-state index contributed by atoms with van der Waals surface area (Å²) >= 11 is 0. The molecule has 1 aromatic rings. The molecular weight excluding hydrogens is 509 g/mol. The summed E-state index contributed by atoms with van der Waals surface area (Å²) in [6, 6.07) is 5.73. The summed E-state index contributed by atoms with van der Waals surface area (Å²) in [4.78, 5) is 25.3. The van der Waals surface area contributed by atoms with Crippen molar-refractivity contribution in [3.05, 3.63) is 23.9 Å². The Bertz CT molecular complexity index is 715. The summed E-state index contributed by atoms with van der Waals surface area (Å²) in [7, 11) is 3.42. The van der Waals surface area contributed by atoms with E-state index in [0.717, 1.165) is 44.1 Å². The minimum atomic E-state index is -0.469. The number of hydrogen-bond donors (Lipinski definition) is 1. The number of nitrogens with zero attached hydrogens (tertiary/aromatic N) is 4. The lowest BCUT2D eigenvalue weighted by molar-refractivity contribution is 0.0214. The molecule has 176 valence electrons. The van der Waals surface area contributed by atoms with Crippen molar-refractivity contribution in [2.75, 3.05) is 40.3 Å². The molecule has 0 aromatic carbocycles. The van der Waals surface area contributed by atoms with Crippen molar-refractivity contribution in [3.63, 3.8) is 0 Å². The molecule has 0 atom stereocenters. The molecule has 1 aliphatic rings. The molecule has 1 saturated heterocycles. The fourth-order valence-corrected chi connectivity index (χ4v) is 3.47. The van der Waals surface area contributed by atoms with Crippen LogP contribution in [0.3, 0.4) is 0 Å². The van der Waals surface area contributed by atoms with Crippen molar-refractivity contribution in [2.24, 2.45) is 10.9 Å². The van der Waals surface area contributed by atoms with E-state index in [1.54, 1.807) is 14.2 Å². The molecule has 0 aliphatic carbocycles. The summed E-state index contributed by atoms with van der Waals surface area (Å²) < 4.78 is 10.7. The maximum Gasteiger partial charge on any atom is 0.410 e. The van der Waals surface area contributed by atoms with E-state index in [1.165, 1.54) is 0 Å². The first-order valence-corrected chi connectivity index (χ1v) is 10.7. The number of likely N-dealkylation sites (tertiary alicyclic amines) is 1. The van der Waals surface area contributed by atoms with Crippen molar-refractivity contribution >= 4 is 36.0 Å². The standard InChI is InChI=1S/C22H37N5O3.HI/c1-7-26(21(28)30-22(2,3)4)16-17-11-13-27(14-12-17)20(23-5)24-15-18-9-8-10-19(25-18)29-6;/h8-10,17H,7,11-16H2,1-6H3,(H,23,24);1H. The van der Waals surface area contributed by atoms with Gasteiger partial charge in [-0.15, -0.1) is 24.0 Å². The maximum atomic E-state index is 12.4. The van der Waals surface area contributed by atoms with Crippen LogP contribution in [0.25, 0.3) is 0 Å². The number of guanidine groups is 1. The third-order valence-corrected chi connectivity index (χ3v) is 5.06. The molecule has 1 fully saturated rings. The lowest BCUT2D eigenvalue weighted by atomic mass is 9.96. The Morgan fingerprint density at radius 2 is 2.00 bits per heavy atom. The van der Waals surface area contributed by atoms with E-state index in [4.69, 9.17) is 9.47 Å². The molecule has 9 heteroatoms. The third-order valence-electron chi connectivity index (χ3n) is 5.06. The zero-order valence-electron chi connectivity index (χ0n) is 19.7. The van der Waals surface area contributed by atoms with Crippen molar-refractivity contribution in [3.8, 4) is 5.88 Å². The van der Waals surface area contributed by atoms with Crippen LogP contribution in [0.4, 0.5) is 4.79 Å². The SMILES string of the molecule is CCN(CC1CCN(C(=NC)NCc2cccc(OC)n2)CC1)C(=O)OC(C)(C)C.I. The minimum Gasteiger partial charge on any atom is -0.481 e. The zero-order chi connectivity index (χ0) is 22.1. The highest BCUT2D eigenvalue weighted by Crippen LogP contribution is 2.20. The van der Waals surface area contributed by atoms with E-state index in [2.05, 4.69) is 20.2 Å². The topological polar surface area (TPSA) is 79.3 Å². The molecule has 2 rings (SSSR count). The van der Waals surface area contributed by atoms with Gasteiger partial charge < -0.3 is 24.6 Å². The second-order valence-corrected chi connectivity index (χ2v) is 8.52. The van der Waals surface area contributed by atoms with E-state index in [1.807, 2.05) is 50.8 Å². The van der Waals surface area contributed by atoms with Gasteiger partial charge in [0.25, 0.3) is 0 Å². The lowest BCUT2D eigenvalue weighted by Gasteiger charge is -2.36. The van der Waals surface area contributed by atoms with Crippen LogP contribution in [0, 0.1) is 5.92 Å². The molecule has 1 amide bonds. The first-order chi connectivity index (χ1) is 14.3. The van der Waals surface area contributed by atoms with Gasteiger partial charge in [-0.1, -0.05) is 6.07 Å². The normalized spacial score (nSPS) is 15.2. The summed E-state index contributed by atoms with van der Waals surface area (Å²) in [5, 5.41) is 3.39. The number of piperidine rings is 1. The quantitative estimate of drug-likeness (QED) is 0.332. The number of nitrogens with one attached hydrogen (secondary N) is 1. The summed E-state index contributed by atoms with van der Waals surface area (Å²) in [5.74, 6) is 1.94. The van der Waals surface area contributed by atoms with Gasteiger partial charge in [0.05, 0.1) is 19.3 Å². The van der Waals surface area contributed by atoms with E-state index >= 15 is 0 Å². The molecule has 1 aliphatic heterocycles. The number of aliphatic imine (C=N–C) groups is 1. The van der Waals surface area contributed by atoms with Crippen LogP contribution >= 0.6 is 24.0 Å². The maximum absolute atomic E-state index is 12.4. The molecule has 0 saturated carbocycles. The zero-order valence-corrected chi connectivity index (χ0v) is 22.0. The first-order valence-electron chi connectivity index (χ1n) is 10.7. The van der Waals surface area contributed by atoms with Crippen LogP contribution in [0.15, 0.2) is 23.2 Å². The van der Waals surface area contributed by atoms with Gasteiger partial charge >= 0.3 is 6.09 Å². The van der Waals surface area contributed by atoms with Crippen molar-refractivity contribution < 1.29 is 14.3 Å². The number of aromatic nitrogens is 1. The van der Waals surface area contributed by atoms with Gasteiger partial charge in [-0.2, -0.15) is 0 Å². The number of pyridine rings is 1. The number of hydrogen-bond acceptors (Lipinski definition) is 5. The van der Waals surface area contributed by atoms with Gasteiger partial charge in [-0.25, -0.2) is 9.78 Å². The Balaban J connectivity index is 0.00000480. The summed E-state index contributed by atoms with van der Waals surface area (Å²) in [5.41, 5.74) is 0.435. The van der Waals surface area contributed by atoms with Crippen LogP contribution < -0.4 is 10.1 Å². The predicted octanol–water partition coefficient (Wildman–Crippen LogP) is 3.75. The van der Waals surface area contributed by atoms with Gasteiger partial charge in [0.15, 0.2) is 5.96 Å². The van der Waals surface area contributed by atoms with Crippen LogP contribution in [-0.4, -0.2) is 72.8 Å². The Morgan fingerprint density at radius 1 is 1.32 bits per heavy atom. The van der Waals surface area contributed by atoms with E-state index in [-0.39, 0.29) is 30.1 Å². The molecule has 8 nitrogen and oxygen atoms in total. The highest BCUT2D eigenvalue weighted by atomic mass is 127. The number of rotatable bonds is 6. The number of methoxy groups -OCH3 is 1. The second kappa shape index (κ2) is 12.9. The number of carbonyl (C=O) groups excluding carboxylic acids is 1. The highest BCUT2D eigenvalue weighted by molar-refractivity contribution is 14.0. The van der Waals surface area contributed by atoms with Crippen LogP contribution in [0.5, 0.6) is 5.88 Å². The number of ether oxygens (including phenoxy) is 2. The van der Waals surface area contributed by atoms with Crippen LogP contribution in [0.1, 0.15) is 46.2 Å². The average molecular weight is 547 g/mol. The Labute approximate surface area is 203 Å². The molecule has 0 spiro atoms. The van der Waals surface area contributed by atoms with Gasteiger partial charge in [0.2, 0.25) is 5.88 Å². The molecule has 0 radical (unpaired) electrons. The molecule has 31 heavy (non-hydrogen) atoms. The molecule has 0 unspecified atom stereocenters. The number of halogens is 1. The van der Waals surface area contributed by atoms with E-state index < -0.39 is 5.60 Å². The average Bonchev–Trinajstić information content (AvgIpc) is 2.72. The van der Waals surface area contributed by atoms with Crippen molar-refractivity contribution in [2.45, 2.75) is 52.7 Å². The Hall–Kier alpha value is -1.78. The Kier molecular flexibility index (Phi) is 11.4. The molecule has 1 N–H and O–H groups in total. The molecule has 2 heterocycles. The summed E-state index contributed by atoms with van der Waals surface area (Å²) in [6.45, 7) is 11.5. The summed E-state index contributed by atoms with van der Waals surface area (Å²) in [6.07, 6.45) is 1.80. The molecule has 0 bridgehead atoms. The van der Waals surface area contributed by atoms with E-state index in [0.29, 0.717) is 24.9 Å². The van der Waals surface area contributed by atoms with Gasteiger partial charge in [0, 0.05) is 39.3 Å². The van der Waals surface area contributed by atoms with Crippen LogP contribution in [0.2, 0.25) is 0 Å². The smallest absolute Gasteiger partial charge is 0.410 e. The number of amides is 1. The lowest BCUT2D eigenvalue weighted by Crippen LogP contribution is -2.47. The fourth-order valence-electron chi connectivity index (χ4n) is 3.47. The van der Waals surface area contributed by atoms with Gasteiger partial charge in [-0.3, -0.25) is 4.99 Å². The van der Waals surface area contributed by atoms with Crippen molar-refractivity contribution in [1.82, 2.24) is 20.1 Å². The number of carbonyl (C=O) groups is 1. The third kappa shape index (κ3) is 9.08. The van der Waals surface area contributed by atoms with E-state index in [9.17, 15) is 4.79 Å².